The molecule has 2 heterocycles. The molecular formula is C26H28BNO3. The van der Waals surface area contributed by atoms with Crippen LogP contribution in [0.5, 0.6) is 0 Å². The van der Waals surface area contributed by atoms with Gasteiger partial charge >= 0.3 is 7.12 Å². The molecule has 1 N–H and O–H groups in total. The normalized spacial score (nSPS) is 22.4. The third-order valence-electron chi connectivity index (χ3n) is 7.05. The van der Waals surface area contributed by atoms with Crippen molar-refractivity contribution in [3.05, 3.63) is 71.4 Å². The molecule has 1 unspecified atom stereocenters. The van der Waals surface area contributed by atoms with E-state index in [4.69, 9.17) is 9.31 Å². The molecule has 31 heavy (non-hydrogen) atoms. The number of benzene rings is 2. The number of ketones is 1. The summed E-state index contributed by atoms with van der Waals surface area (Å²) in [6.45, 7) is 10.4. The van der Waals surface area contributed by atoms with Crippen molar-refractivity contribution in [1.82, 2.24) is 4.98 Å². The van der Waals surface area contributed by atoms with Crippen molar-refractivity contribution in [2.45, 2.75) is 58.2 Å². The summed E-state index contributed by atoms with van der Waals surface area (Å²) in [5.41, 5.74) is 5.52. The average Bonchev–Trinajstić information content (AvgIpc) is 3.15. The molecule has 1 aliphatic heterocycles. The predicted octanol–water partition coefficient (Wildman–Crippen LogP) is 4.98. The molecule has 158 valence electrons. The molecule has 3 aromatic rings. The van der Waals surface area contributed by atoms with Crippen LogP contribution >= 0.6 is 0 Å². The van der Waals surface area contributed by atoms with Crippen LogP contribution in [-0.2, 0) is 14.1 Å². The van der Waals surface area contributed by atoms with Crippen LogP contribution in [0.15, 0.2) is 54.6 Å². The molecular weight excluding hydrogens is 385 g/mol. The van der Waals surface area contributed by atoms with Crippen LogP contribution in [0, 0.1) is 0 Å². The molecule has 1 aromatic heterocycles. The van der Waals surface area contributed by atoms with Crippen LogP contribution in [0.1, 0.15) is 63.8 Å². The maximum absolute atomic E-state index is 12.7. The van der Waals surface area contributed by atoms with Gasteiger partial charge in [-0.2, -0.15) is 0 Å². The van der Waals surface area contributed by atoms with Crippen LogP contribution < -0.4 is 5.46 Å². The largest absolute Gasteiger partial charge is 0.494 e. The Bertz CT molecular complexity index is 1190. The van der Waals surface area contributed by atoms with Crippen molar-refractivity contribution in [2.24, 2.45) is 0 Å². The number of fused-ring (bicyclic) bond motifs is 3. The number of hydrogen-bond donors (Lipinski definition) is 1. The molecule has 0 saturated carbocycles. The second kappa shape index (κ2) is 6.94. The monoisotopic (exact) mass is 413 g/mol. The molecule has 0 bridgehead atoms. The highest BCUT2D eigenvalue weighted by atomic mass is 16.7. The lowest BCUT2D eigenvalue weighted by atomic mass is 9.78. The number of aromatic amines is 1. The van der Waals surface area contributed by atoms with Gasteiger partial charge in [-0.15, -0.1) is 0 Å². The van der Waals surface area contributed by atoms with Gasteiger partial charge in [0.05, 0.1) is 16.9 Å². The zero-order valence-electron chi connectivity index (χ0n) is 18.8. The lowest BCUT2D eigenvalue weighted by molar-refractivity contribution is -0.114. The van der Waals surface area contributed by atoms with E-state index in [9.17, 15) is 4.79 Å². The second-order valence-corrected chi connectivity index (χ2v) is 9.80. The molecule has 0 spiro atoms. The van der Waals surface area contributed by atoms with Gasteiger partial charge in [0.2, 0.25) is 0 Å². The fourth-order valence-corrected chi connectivity index (χ4v) is 4.62. The van der Waals surface area contributed by atoms with Crippen molar-refractivity contribution in [3.8, 4) is 0 Å². The van der Waals surface area contributed by atoms with E-state index in [2.05, 4.69) is 69.9 Å². The van der Waals surface area contributed by atoms with Gasteiger partial charge < -0.3 is 14.3 Å². The Kier molecular flexibility index (Phi) is 4.54. The number of carbonyl (C=O) groups is 1. The van der Waals surface area contributed by atoms with Crippen LogP contribution in [0.2, 0.25) is 0 Å². The van der Waals surface area contributed by atoms with Crippen molar-refractivity contribution in [3.63, 3.8) is 0 Å². The van der Waals surface area contributed by atoms with Crippen molar-refractivity contribution in [1.29, 1.82) is 0 Å². The number of hydrogen-bond acceptors (Lipinski definition) is 3. The summed E-state index contributed by atoms with van der Waals surface area (Å²) in [6, 6.07) is 16.5. The van der Waals surface area contributed by atoms with E-state index in [1.165, 1.54) is 5.56 Å². The Morgan fingerprint density at radius 3 is 2.35 bits per heavy atom. The number of aromatic nitrogens is 1. The first-order valence-electron chi connectivity index (χ1n) is 11.0. The fourth-order valence-electron chi connectivity index (χ4n) is 4.62. The fraction of sp³-hybridized carbons (Fsp3) is 0.346. The van der Waals surface area contributed by atoms with E-state index in [1.807, 2.05) is 18.2 Å². The van der Waals surface area contributed by atoms with E-state index < -0.39 is 7.12 Å². The zero-order valence-corrected chi connectivity index (χ0v) is 18.8. The van der Waals surface area contributed by atoms with Crippen LogP contribution in [0.4, 0.5) is 0 Å². The standard InChI is InChI=1S/C26H28BNO3/c1-16-13-19(29)15-20(17-9-7-6-8-10-17)24-23(16)21-14-18(11-12-22(21)28-24)27-30-25(2,3)26(4,5)31-27/h6-12,14-16,28H,13H2,1-5H3. The maximum atomic E-state index is 12.7. The van der Waals surface area contributed by atoms with Crippen LogP contribution in [0.3, 0.4) is 0 Å². The minimum absolute atomic E-state index is 0.113. The molecule has 1 aliphatic carbocycles. The van der Waals surface area contributed by atoms with E-state index in [-0.39, 0.29) is 22.9 Å². The molecule has 1 fully saturated rings. The molecule has 5 rings (SSSR count). The van der Waals surface area contributed by atoms with E-state index in [0.717, 1.165) is 33.2 Å². The first-order valence-corrected chi connectivity index (χ1v) is 11.0. The second-order valence-electron chi connectivity index (χ2n) is 9.80. The Morgan fingerprint density at radius 1 is 1.00 bits per heavy atom. The molecule has 1 atom stereocenters. The first kappa shape index (κ1) is 20.3. The highest BCUT2D eigenvalue weighted by molar-refractivity contribution is 6.62. The molecule has 2 aromatic carbocycles. The van der Waals surface area contributed by atoms with Gasteiger partial charge in [0.1, 0.15) is 0 Å². The van der Waals surface area contributed by atoms with Crippen molar-refractivity contribution in [2.75, 3.05) is 0 Å². The summed E-state index contributed by atoms with van der Waals surface area (Å²) in [7, 11) is -0.410. The first-order chi connectivity index (χ1) is 14.7. The van der Waals surface area contributed by atoms with Crippen molar-refractivity contribution >= 4 is 34.8 Å². The van der Waals surface area contributed by atoms with Gasteiger partial charge in [-0.25, -0.2) is 0 Å². The summed E-state index contributed by atoms with van der Waals surface area (Å²) in [4.78, 5) is 16.3. The SMILES string of the molecule is CC1CC(=O)C=C(c2ccccc2)c2[nH]c3ccc(B4OC(C)(C)C(C)(C)O4)cc3c21. The van der Waals surface area contributed by atoms with Gasteiger partial charge in [-0.3, -0.25) is 4.79 Å². The summed E-state index contributed by atoms with van der Waals surface area (Å²) in [6.07, 6.45) is 2.29. The third kappa shape index (κ3) is 3.27. The Hall–Kier alpha value is -2.63. The minimum Gasteiger partial charge on any atom is -0.399 e. The molecule has 4 nitrogen and oxygen atoms in total. The lowest BCUT2D eigenvalue weighted by Crippen LogP contribution is -2.41. The number of carbonyl (C=O) groups excluding carboxylic acids is 1. The predicted molar refractivity (Wildman–Crippen MR) is 126 cm³/mol. The molecule has 1 saturated heterocycles. The van der Waals surface area contributed by atoms with Crippen LogP contribution in [0.25, 0.3) is 16.5 Å². The van der Waals surface area contributed by atoms with E-state index >= 15 is 0 Å². The summed E-state index contributed by atoms with van der Waals surface area (Å²) < 4.78 is 12.6. The molecule has 0 radical (unpaired) electrons. The van der Waals surface area contributed by atoms with Gasteiger partial charge in [0.25, 0.3) is 0 Å². The average molecular weight is 413 g/mol. The Balaban J connectivity index is 1.65. The molecule has 5 heteroatoms. The Labute approximate surface area is 183 Å². The highest BCUT2D eigenvalue weighted by Gasteiger charge is 2.51. The maximum Gasteiger partial charge on any atom is 0.494 e. The quantitative estimate of drug-likeness (QED) is 0.604. The molecule has 0 amide bonds. The number of rotatable bonds is 2. The zero-order chi connectivity index (χ0) is 22.0. The van der Waals surface area contributed by atoms with E-state index in [0.29, 0.717) is 6.42 Å². The number of nitrogens with one attached hydrogen (secondary N) is 1. The lowest BCUT2D eigenvalue weighted by Gasteiger charge is -2.32. The summed E-state index contributed by atoms with van der Waals surface area (Å²) in [5.74, 6) is 0.272. The number of H-pyrrole nitrogens is 1. The van der Waals surface area contributed by atoms with E-state index in [1.54, 1.807) is 6.08 Å². The minimum atomic E-state index is -0.410. The Morgan fingerprint density at radius 2 is 1.68 bits per heavy atom. The van der Waals surface area contributed by atoms with Crippen molar-refractivity contribution < 1.29 is 14.1 Å². The van der Waals surface area contributed by atoms with Gasteiger partial charge in [0, 0.05) is 22.9 Å². The topological polar surface area (TPSA) is 51.3 Å². The smallest absolute Gasteiger partial charge is 0.399 e. The summed E-state index contributed by atoms with van der Waals surface area (Å²) >= 11 is 0. The highest BCUT2D eigenvalue weighted by Crippen LogP contribution is 2.40. The van der Waals surface area contributed by atoms with Gasteiger partial charge in [-0.1, -0.05) is 49.4 Å². The van der Waals surface area contributed by atoms with Crippen LogP contribution in [-0.4, -0.2) is 29.1 Å². The molecule has 2 aliphatic rings. The van der Waals surface area contributed by atoms with Gasteiger partial charge in [-0.05, 0) is 62.3 Å². The number of allylic oxidation sites excluding steroid dienone is 1. The van der Waals surface area contributed by atoms with Gasteiger partial charge in [0.15, 0.2) is 5.78 Å². The third-order valence-corrected chi connectivity index (χ3v) is 7.05. The summed E-state index contributed by atoms with van der Waals surface area (Å²) in [5, 5.41) is 1.13.